The Balaban J connectivity index is 1.65. The molecule has 0 spiro atoms. The van der Waals surface area contributed by atoms with Crippen LogP contribution in [0.3, 0.4) is 0 Å². The quantitative estimate of drug-likeness (QED) is 0.504. The van der Waals surface area contributed by atoms with Crippen LogP contribution < -0.4 is 10.9 Å². The Morgan fingerprint density at radius 3 is 2.39 bits per heavy atom. The van der Waals surface area contributed by atoms with E-state index < -0.39 is 5.97 Å². The largest absolute Gasteiger partial charge is 0.402 e. The molecule has 156 valence electrons. The number of esters is 1. The van der Waals surface area contributed by atoms with Crippen molar-refractivity contribution in [3.8, 4) is 5.69 Å². The molecule has 8 heteroatoms. The molecular formula is C23H20N4O4. The first-order valence-corrected chi connectivity index (χ1v) is 9.61. The van der Waals surface area contributed by atoms with E-state index in [0.717, 1.165) is 5.56 Å². The number of benzene rings is 2. The number of rotatable bonds is 4. The summed E-state index contributed by atoms with van der Waals surface area (Å²) in [5.74, 6) is -0.679. The number of aromatic amines is 1. The number of aromatic nitrogens is 2. The summed E-state index contributed by atoms with van der Waals surface area (Å²) in [6.07, 6.45) is 1.43. The highest BCUT2D eigenvalue weighted by Crippen LogP contribution is 2.20. The summed E-state index contributed by atoms with van der Waals surface area (Å²) in [7, 11) is 0. The molecule has 0 radical (unpaired) electrons. The third kappa shape index (κ3) is 4.09. The number of aliphatic imine (C=N–C) groups is 1. The van der Waals surface area contributed by atoms with Crippen molar-refractivity contribution in [2.24, 2.45) is 4.99 Å². The second kappa shape index (κ2) is 7.91. The lowest BCUT2D eigenvalue weighted by Crippen LogP contribution is -2.16. The van der Waals surface area contributed by atoms with Crippen LogP contribution in [-0.2, 0) is 14.3 Å². The van der Waals surface area contributed by atoms with E-state index in [4.69, 9.17) is 4.74 Å². The summed E-state index contributed by atoms with van der Waals surface area (Å²) in [5.41, 5.74) is 3.67. The first-order chi connectivity index (χ1) is 14.8. The Labute approximate surface area is 177 Å². The lowest BCUT2D eigenvalue weighted by atomic mass is 10.2. The first kappa shape index (κ1) is 20.1. The van der Waals surface area contributed by atoms with Crippen molar-refractivity contribution in [2.45, 2.75) is 20.8 Å². The van der Waals surface area contributed by atoms with Gasteiger partial charge in [0.25, 0.3) is 5.56 Å². The number of nitrogens with zero attached hydrogens (tertiary/aromatic N) is 2. The fourth-order valence-corrected chi connectivity index (χ4v) is 3.17. The van der Waals surface area contributed by atoms with Crippen molar-refractivity contribution in [3.05, 3.63) is 87.0 Å². The van der Waals surface area contributed by atoms with Gasteiger partial charge in [-0.2, -0.15) is 0 Å². The number of H-pyrrole nitrogens is 1. The Morgan fingerprint density at radius 1 is 1.06 bits per heavy atom. The summed E-state index contributed by atoms with van der Waals surface area (Å²) in [6.45, 7) is 5.14. The maximum Gasteiger partial charge on any atom is 0.363 e. The second-order valence-corrected chi connectivity index (χ2v) is 7.22. The van der Waals surface area contributed by atoms with Gasteiger partial charge in [0, 0.05) is 23.9 Å². The predicted octanol–water partition coefficient (Wildman–Crippen LogP) is 3.09. The van der Waals surface area contributed by atoms with Crippen LogP contribution in [0, 0.1) is 13.8 Å². The molecule has 31 heavy (non-hydrogen) atoms. The summed E-state index contributed by atoms with van der Waals surface area (Å²) in [6, 6.07) is 14.3. The molecule has 2 heterocycles. The third-order valence-corrected chi connectivity index (χ3v) is 4.76. The topological polar surface area (TPSA) is 106 Å². The molecule has 0 atom stereocenters. The van der Waals surface area contributed by atoms with Gasteiger partial charge in [0.1, 0.15) is 0 Å². The van der Waals surface area contributed by atoms with Gasteiger partial charge in [0.05, 0.1) is 11.3 Å². The monoisotopic (exact) mass is 416 g/mol. The Kier molecular flexibility index (Phi) is 5.12. The van der Waals surface area contributed by atoms with E-state index in [0.29, 0.717) is 28.2 Å². The average molecular weight is 416 g/mol. The smallest absolute Gasteiger partial charge is 0.363 e. The molecule has 0 bridgehead atoms. The Morgan fingerprint density at radius 2 is 1.74 bits per heavy atom. The maximum absolute atomic E-state index is 12.9. The minimum atomic E-state index is -0.636. The molecule has 2 N–H and O–H groups in total. The molecule has 0 fully saturated rings. The van der Waals surface area contributed by atoms with Crippen LogP contribution in [-0.4, -0.2) is 27.6 Å². The number of ether oxygens (including phenoxy) is 1. The number of nitrogens with one attached hydrogen (secondary N) is 2. The summed E-state index contributed by atoms with van der Waals surface area (Å²) in [5, 5.41) is 5.69. The normalized spacial score (nSPS) is 14.5. The Bertz CT molecular complexity index is 1290. The van der Waals surface area contributed by atoms with Crippen molar-refractivity contribution >= 4 is 29.5 Å². The third-order valence-electron chi connectivity index (χ3n) is 4.76. The SMILES string of the molecule is CC(=O)Nc1ccc(C2=N/C(=C\c3c(C)[nH]n(-c4ccc(C)cc4)c3=O)C(=O)O2)cc1. The van der Waals surface area contributed by atoms with Crippen LogP contribution in [0.2, 0.25) is 0 Å². The van der Waals surface area contributed by atoms with Gasteiger partial charge < -0.3 is 10.1 Å². The van der Waals surface area contributed by atoms with Gasteiger partial charge in [-0.15, -0.1) is 0 Å². The maximum atomic E-state index is 12.9. The molecule has 1 aliphatic rings. The highest BCUT2D eigenvalue weighted by atomic mass is 16.6. The van der Waals surface area contributed by atoms with Crippen LogP contribution >= 0.6 is 0 Å². The van der Waals surface area contributed by atoms with E-state index >= 15 is 0 Å². The summed E-state index contributed by atoms with van der Waals surface area (Å²) >= 11 is 0. The molecular weight excluding hydrogens is 396 g/mol. The molecule has 0 unspecified atom stereocenters. The summed E-state index contributed by atoms with van der Waals surface area (Å²) in [4.78, 5) is 40.6. The number of carbonyl (C=O) groups excluding carboxylic acids is 2. The van der Waals surface area contributed by atoms with Crippen LogP contribution in [0.15, 0.2) is 64.0 Å². The van der Waals surface area contributed by atoms with Crippen molar-refractivity contribution in [2.75, 3.05) is 5.32 Å². The van der Waals surface area contributed by atoms with Gasteiger partial charge in [-0.1, -0.05) is 17.7 Å². The van der Waals surface area contributed by atoms with E-state index in [9.17, 15) is 14.4 Å². The minimum Gasteiger partial charge on any atom is -0.402 e. The lowest BCUT2D eigenvalue weighted by molar-refractivity contribution is -0.129. The van der Waals surface area contributed by atoms with Crippen molar-refractivity contribution < 1.29 is 14.3 Å². The van der Waals surface area contributed by atoms with Gasteiger partial charge in [-0.3, -0.25) is 14.7 Å². The fraction of sp³-hybridized carbons (Fsp3) is 0.130. The van der Waals surface area contributed by atoms with E-state index in [-0.39, 0.29) is 23.1 Å². The molecule has 0 saturated carbocycles. The molecule has 4 rings (SSSR count). The molecule has 0 saturated heterocycles. The number of carbonyl (C=O) groups is 2. The summed E-state index contributed by atoms with van der Waals surface area (Å²) < 4.78 is 6.70. The van der Waals surface area contributed by atoms with Crippen LogP contribution in [0.1, 0.15) is 29.3 Å². The van der Waals surface area contributed by atoms with Crippen molar-refractivity contribution in [1.29, 1.82) is 0 Å². The van der Waals surface area contributed by atoms with E-state index in [1.54, 1.807) is 31.2 Å². The molecule has 3 aromatic rings. The number of cyclic esters (lactones) is 1. The Hall–Kier alpha value is -4.20. The van der Waals surface area contributed by atoms with Gasteiger partial charge in [0.2, 0.25) is 11.8 Å². The second-order valence-electron chi connectivity index (χ2n) is 7.22. The van der Waals surface area contributed by atoms with Gasteiger partial charge in [0.15, 0.2) is 5.70 Å². The van der Waals surface area contributed by atoms with Crippen LogP contribution in [0.25, 0.3) is 11.8 Å². The molecule has 1 aromatic heterocycles. The molecule has 1 amide bonds. The van der Waals surface area contributed by atoms with E-state index in [1.165, 1.54) is 17.7 Å². The molecule has 8 nitrogen and oxygen atoms in total. The van der Waals surface area contributed by atoms with Crippen LogP contribution in [0.4, 0.5) is 5.69 Å². The van der Waals surface area contributed by atoms with Crippen molar-refractivity contribution in [1.82, 2.24) is 9.78 Å². The van der Waals surface area contributed by atoms with Crippen molar-refractivity contribution in [3.63, 3.8) is 0 Å². The standard InChI is InChI=1S/C23H20N4O4/c1-13-4-10-18(11-5-13)27-22(29)19(14(2)26-27)12-20-23(30)31-21(25-20)16-6-8-17(9-7-16)24-15(3)28/h4-12,26H,1-3H3,(H,24,28)/b20-12-. The first-order valence-electron chi connectivity index (χ1n) is 9.61. The highest BCUT2D eigenvalue weighted by molar-refractivity contribution is 6.13. The predicted molar refractivity (Wildman–Crippen MR) is 117 cm³/mol. The molecule has 2 aromatic carbocycles. The minimum absolute atomic E-state index is 0.0381. The molecule has 1 aliphatic heterocycles. The zero-order valence-corrected chi connectivity index (χ0v) is 17.2. The molecule has 0 aliphatic carbocycles. The fourth-order valence-electron chi connectivity index (χ4n) is 3.17. The number of hydrogen-bond donors (Lipinski definition) is 2. The van der Waals surface area contributed by atoms with E-state index in [2.05, 4.69) is 15.4 Å². The zero-order chi connectivity index (χ0) is 22.1. The number of aryl methyl sites for hydroxylation is 2. The van der Waals surface area contributed by atoms with E-state index in [1.807, 2.05) is 31.2 Å². The van der Waals surface area contributed by atoms with Crippen LogP contribution in [0.5, 0.6) is 0 Å². The van der Waals surface area contributed by atoms with Gasteiger partial charge in [-0.05, 0) is 56.3 Å². The number of anilines is 1. The number of hydrogen-bond acceptors (Lipinski definition) is 5. The lowest BCUT2D eigenvalue weighted by Gasteiger charge is -2.03. The highest BCUT2D eigenvalue weighted by Gasteiger charge is 2.25. The zero-order valence-electron chi connectivity index (χ0n) is 17.2. The average Bonchev–Trinajstić information content (AvgIpc) is 3.23. The van der Waals surface area contributed by atoms with Gasteiger partial charge >= 0.3 is 5.97 Å². The van der Waals surface area contributed by atoms with Gasteiger partial charge in [-0.25, -0.2) is 14.5 Å². The number of amides is 1.